The van der Waals surface area contributed by atoms with E-state index in [9.17, 15) is 4.79 Å². The van der Waals surface area contributed by atoms with Gasteiger partial charge in [-0.3, -0.25) is 4.79 Å². The summed E-state index contributed by atoms with van der Waals surface area (Å²) in [6.07, 6.45) is 3.83. The molecule has 1 heterocycles. The van der Waals surface area contributed by atoms with Crippen molar-refractivity contribution in [1.29, 1.82) is 0 Å². The molecule has 0 aromatic carbocycles. The molecule has 0 aromatic rings. The van der Waals surface area contributed by atoms with E-state index >= 15 is 0 Å². The standard InChI is InChI=1S/C9H15NOS/c1-2-12-9(11)7-8-3-5-10-6-4-8/h3,10H,2,4-7H2,1H3. The van der Waals surface area contributed by atoms with E-state index in [1.165, 1.54) is 17.3 Å². The van der Waals surface area contributed by atoms with E-state index in [1.54, 1.807) is 0 Å². The smallest absolute Gasteiger partial charge is 0.192 e. The molecular weight excluding hydrogens is 170 g/mol. The first-order valence-electron chi connectivity index (χ1n) is 4.37. The molecule has 0 saturated carbocycles. The van der Waals surface area contributed by atoms with Gasteiger partial charge in [0.15, 0.2) is 5.12 Å². The van der Waals surface area contributed by atoms with Crippen molar-refractivity contribution in [2.24, 2.45) is 0 Å². The fourth-order valence-electron chi connectivity index (χ4n) is 1.23. The lowest BCUT2D eigenvalue weighted by atomic mass is 10.1. The Hall–Kier alpha value is -0.280. The van der Waals surface area contributed by atoms with Crippen molar-refractivity contribution in [1.82, 2.24) is 5.32 Å². The predicted molar refractivity (Wildman–Crippen MR) is 53.3 cm³/mol. The average Bonchev–Trinajstić information content (AvgIpc) is 2.06. The molecule has 1 N–H and O–H groups in total. The van der Waals surface area contributed by atoms with Crippen LogP contribution in [0.4, 0.5) is 0 Å². The minimum atomic E-state index is 0.311. The number of carbonyl (C=O) groups excluding carboxylic acids is 1. The Labute approximate surface area is 77.8 Å². The highest BCUT2D eigenvalue weighted by Gasteiger charge is 2.07. The lowest BCUT2D eigenvalue weighted by Gasteiger charge is -2.12. The van der Waals surface area contributed by atoms with Gasteiger partial charge >= 0.3 is 0 Å². The lowest BCUT2D eigenvalue weighted by Crippen LogP contribution is -2.21. The van der Waals surface area contributed by atoms with Crippen LogP contribution in [0.25, 0.3) is 0 Å². The molecule has 3 heteroatoms. The Kier molecular flexibility index (Phi) is 4.40. The second kappa shape index (κ2) is 5.38. The maximum atomic E-state index is 11.2. The molecule has 12 heavy (non-hydrogen) atoms. The quantitative estimate of drug-likeness (QED) is 0.677. The van der Waals surface area contributed by atoms with Gasteiger partial charge in [-0.1, -0.05) is 30.3 Å². The summed E-state index contributed by atoms with van der Waals surface area (Å²) in [6, 6.07) is 0. The lowest BCUT2D eigenvalue weighted by molar-refractivity contribution is -0.110. The molecule has 0 amide bonds. The largest absolute Gasteiger partial charge is 0.313 e. The number of thioether (sulfide) groups is 1. The summed E-state index contributed by atoms with van der Waals surface area (Å²) in [5.41, 5.74) is 1.31. The van der Waals surface area contributed by atoms with Crippen molar-refractivity contribution >= 4 is 16.9 Å². The van der Waals surface area contributed by atoms with Gasteiger partial charge in [0, 0.05) is 13.0 Å². The maximum Gasteiger partial charge on any atom is 0.192 e. The molecule has 0 spiro atoms. The van der Waals surface area contributed by atoms with Crippen molar-refractivity contribution < 1.29 is 4.79 Å². The van der Waals surface area contributed by atoms with Crippen LogP contribution in [-0.4, -0.2) is 24.0 Å². The Bertz CT molecular complexity index is 189. The van der Waals surface area contributed by atoms with E-state index in [0.29, 0.717) is 11.5 Å². The summed E-state index contributed by atoms with van der Waals surface area (Å²) in [5.74, 6) is 0.893. The van der Waals surface area contributed by atoms with Gasteiger partial charge in [-0.05, 0) is 18.7 Å². The van der Waals surface area contributed by atoms with Gasteiger partial charge in [0.25, 0.3) is 0 Å². The van der Waals surface area contributed by atoms with Gasteiger partial charge in [-0.25, -0.2) is 0 Å². The van der Waals surface area contributed by atoms with Gasteiger partial charge in [0.05, 0.1) is 0 Å². The van der Waals surface area contributed by atoms with E-state index in [1.807, 2.05) is 6.92 Å². The van der Waals surface area contributed by atoms with Crippen LogP contribution >= 0.6 is 11.8 Å². The van der Waals surface area contributed by atoms with Crippen molar-refractivity contribution in [2.45, 2.75) is 19.8 Å². The topological polar surface area (TPSA) is 29.1 Å². The van der Waals surface area contributed by atoms with Gasteiger partial charge in [0.2, 0.25) is 0 Å². The predicted octanol–water partition coefficient (Wildman–Crippen LogP) is 1.58. The number of carbonyl (C=O) groups is 1. The first-order chi connectivity index (χ1) is 5.83. The van der Waals surface area contributed by atoms with Crippen LogP contribution in [0.3, 0.4) is 0 Å². The molecule has 0 saturated heterocycles. The van der Waals surface area contributed by atoms with Crippen LogP contribution in [0.1, 0.15) is 19.8 Å². The van der Waals surface area contributed by atoms with E-state index in [-0.39, 0.29) is 0 Å². The van der Waals surface area contributed by atoms with Crippen molar-refractivity contribution in [3.05, 3.63) is 11.6 Å². The molecule has 0 aliphatic carbocycles. The molecule has 2 nitrogen and oxygen atoms in total. The zero-order valence-electron chi connectivity index (χ0n) is 7.43. The number of rotatable bonds is 3. The first-order valence-corrected chi connectivity index (χ1v) is 5.35. The molecule has 1 rings (SSSR count). The van der Waals surface area contributed by atoms with Crippen molar-refractivity contribution in [3.63, 3.8) is 0 Å². The van der Waals surface area contributed by atoms with E-state index in [0.717, 1.165) is 25.3 Å². The van der Waals surface area contributed by atoms with Gasteiger partial charge < -0.3 is 5.32 Å². The summed E-state index contributed by atoms with van der Waals surface area (Å²) in [6.45, 7) is 3.97. The van der Waals surface area contributed by atoms with Crippen LogP contribution in [0.2, 0.25) is 0 Å². The second-order valence-electron chi connectivity index (χ2n) is 2.80. The molecule has 1 aliphatic rings. The highest BCUT2D eigenvalue weighted by Crippen LogP contribution is 2.14. The van der Waals surface area contributed by atoms with Gasteiger partial charge in [0.1, 0.15) is 0 Å². The monoisotopic (exact) mass is 185 g/mol. The summed E-state index contributed by atoms with van der Waals surface area (Å²) >= 11 is 1.42. The number of hydrogen-bond acceptors (Lipinski definition) is 3. The second-order valence-corrected chi connectivity index (χ2v) is 4.12. The molecule has 0 unspecified atom stereocenters. The van der Waals surface area contributed by atoms with E-state index in [4.69, 9.17) is 0 Å². The van der Waals surface area contributed by atoms with Gasteiger partial charge in [-0.15, -0.1) is 0 Å². The van der Waals surface area contributed by atoms with Crippen LogP contribution in [0.15, 0.2) is 11.6 Å². The molecule has 0 aromatic heterocycles. The molecule has 0 bridgehead atoms. The SMILES string of the molecule is CCSC(=O)CC1=CCNCC1. The van der Waals surface area contributed by atoms with Crippen molar-refractivity contribution in [2.75, 3.05) is 18.8 Å². The van der Waals surface area contributed by atoms with Crippen LogP contribution in [0.5, 0.6) is 0 Å². The fourth-order valence-corrected chi connectivity index (χ4v) is 1.84. The Morgan fingerprint density at radius 2 is 2.58 bits per heavy atom. The number of nitrogens with one attached hydrogen (secondary N) is 1. The molecule has 0 atom stereocenters. The zero-order valence-corrected chi connectivity index (χ0v) is 8.25. The summed E-state index contributed by atoms with van der Waals surface area (Å²) < 4.78 is 0. The minimum Gasteiger partial charge on any atom is -0.313 e. The fraction of sp³-hybridized carbons (Fsp3) is 0.667. The molecular formula is C9H15NOS. The van der Waals surface area contributed by atoms with Crippen molar-refractivity contribution in [3.8, 4) is 0 Å². The third-order valence-electron chi connectivity index (χ3n) is 1.83. The highest BCUT2D eigenvalue weighted by atomic mass is 32.2. The van der Waals surface area contributed by atoms with Gasteiger partial charge in [-0.2, -0.15) is 0 Å². The Morgan fingerprint density at radius 1 is 1.75 bits per heavy atom. The molecule has 1 aliphatic heterocycles. The van der Waals surface area contributed by atoms with Crippen LogP contribution in [-0.2, 0) is 4.79 Å². The maximum absolute atomic E-state index is 11.2. The third kappa shape index (κ3) is 3.41. The average molecular weight is 185 g/mol. The minimum absolute atomic E-state index is 0.311. The number of hydrogen-bond donors (Lipinski definition) is 1. The van der Waals surface area contributed by atoms with E-state index in [2.05, 4.69) is 11.4 Å². The van der Waals surface area contributed by atoms with E-state index < -0.39 is 0 Å². The Balaban J connectivity index is 2.29. The molecule has 0 fully saturated rings. The van der Waals surface area contributed by atoms with Crippen LogP contribution in [0, 0.1) is 0 Å². The normalized spacial score (nSPS) is 17.2. The summed E-state index contributed by atoms with van der Waals surface area (Å²) in [4.78, 5) is 11.2. The first kappa shape index (κ1) is 9.81. The Morgan fingerprint density at radius 3 is 3.17 bits per heavy atom. The molecule has 68 valence electrons. The summed E-state index contributed by atoms with van der Waals surface area (Å²) in [7, 11) is 0. The highest BCUT2D eigenvalue weighted by molar-refractivity contribution is 8.13. The summed E-state index contributed by atoms with van der Waals surface area (Å²) in [5, 5.41) is 3.54. The third-order valence-corrected chi connectivity index (χ3v) is 2.59. The zero-order chi connectivity index (χ0) is 8.81. The van der Waals surface area contributed by atoms with Crippen LogP contribution < -0.4 is 5.32 Å². The molecule has 0 radical (unpaired) electrons.